The molecule has 0 amide bonds. The minimum Gasteiger partial charge on any atom is -0.374 e. The third kappa shape index (κ3) is 3.57. The van der Waals surface area contributed by atoms with Gasteiger partial charge in [0.15, 0.2) is 5.96 Å². The van der Waals surface area contributed by atoms with E-state index in [1.807, 2.05) is 0 Å². The van der Waals surface area contributed by atoms with E-state index in [2.05, 4.69) is 44.5 Å². The highest BCUT2D eigenvalue weighted by atomic mass is 127. The first kappa shape index (κ1) is 17.9. The number of hydrogen-bond acceptors (Lipinski definition) is 3. The van der Waals surface area contributed by atoms with Crippen LogP contribution in [0.4, 0.5) is 0 Å². The zero-order valence-electron chi connectivity index (χ0n) is 13.2. The molecule has 0 spiro atoms. The molecule has 1 aromatic heterocycles. The molecule has 4 atom stereocenters. The maximum atomic E-state index is 6.07. The molecule has 23 heavy (non-hydrogen) atoms. The normalized spacial score (nSPS) is 32.1. The monoisotopic (exact) mass is 511 g/mol. The van der Waals surface area contributed by atoms with E-state index in [0.29, 0.717) is 12.2 Å². The second kappa shape index (κ2) is 7.58. The van der Waals surface area contributed by atoms with Gasteiger partial charge in [-0.1, -0.05) is 0 Å². The van der Waals surface area contributed by atoms with E-state index >= 15 is 0 Å². The Hall–Kier alpha value is 0.140. The van der Waals surface area contributed by atoms with E-state index in [9.17, 15) is 0 Å². The van der Waals surface area contributed by atoms with Crippen molar-refractivity contribution in [3.8, 4) is 0 Å². The maximum Gasteiger partial charge on any atom is 0.194 e. The van der Waals surface area contributed by atoms with E-state index in [4.69, 9.17) is 9.73 Å². The molecule has 0 saturated carbocycles. The third-order valence-corrected chi connectivity index (χ3v) is 6.67. The van der Waals surface area contributed by atoms with Gasteiger partial charge in [0.05, 0.1) is 22.5 Å². The Morgan fingerprint density at radius 3 is 2.65 bits per heavy atom. The Kier molecular flexibility index (Phi) is 5.91. The van der Waals surface area contributed by atoms with Gasteiger partial charge in [-0.3, -0.25) is 0 Å². The summed E-state index contributed by atoms with van der Waals surface area (Å²) in [5.74, 6) is 2.51. The molecular formula is C16H23BrIN3OS. The van der Waals surface area contributed by atoms with Crippen LogP contribution in [0.25, 0.3) is 0 Å². The van der Waals surface area contributed by atoms with Gasteiger partial charge in [-0.25, -0.2) is 4.99 Å². The van der Waals surface area contributed by atoms with Crippen LogP contribution in [0.1, 0.15) is 25.3 Å². The SMILES string of the molecule is CCNC(=NCc1csc(Br)c1)N1CC2C3CCC(O3)C2C1.I. The highest BCUT2D eigenvalue weighted by molar-refractivity contribution is 14.0. The average Bonchev–Trinajstić information content (AvgIpc) is 3.24. The summed E-state index contributed by atoms with van der Waals surface area (Å²) in [7, 11) is 0. The van der Waals surface area contributed by atoms with Crippen LogP contribution in [0.3, 0.4) is 0 Å². The van der Waals surface area contributed by atoms with E-state index in [-0.39, 0.29) is 24.0 Å². The number of guanidine groups is 1. The van der Waals surface area contributed by atoms with Crippen LogP contribution < -0.4 is 5.32 Å². The Morgan fingerprint density at radius 2 is 2.09 bits per heavy atom. The molecule has 0 radical (unpaired) electrons. The minimum absolute atomic E-state index is 0. The molecule has 128 valence electrons. The standard InChI is InChI=1S/C16H22BrN3OS.HI/c1-2-18-16(19-6-10-5-15(17)22-9-10)20-7-11-12(8-20)14-4-3-13(11)21-14;/h5,9,11-14H,2-4,6-8H2,1H3,(H,18,19);1H. The van der Waals surface area contributed by atoms with Gasteiger partial charge in [0.25, 0.3) is 0 Å². The summed E-state index contributed by atoms with van der Waals surface area (Å²) in [4.78, 5) is 7.31. The fourth-order valence-corrected chi connectivity index (χ4v) is 5.35. The van der Waals surface area contributed by atoms with Crippen molar-refractivity contribution in [3.63, 3.8) is 0 Å². The van der Waals surface area contributed by atoms with Crippen LogP contribution in [0.15, 0.2) is 20.2 Å². The van der Waals surface area contributed by atoms with Crippen LogP contribution >= 0.6 is 51.2 Å². The Morgan fingerprint density at radius 1 is 1.39 bits per heavy atom. The molecule has 7 heteroatoms. The Labute approximate surface area is 167 Å². The molecule has 3 aliphatic rings. The highest BCUT2D eigenvalue weighted by Gasteiger charge is 2.53. The molecular weight excluding hydrogens is 489 g/mol. The summed E-state index contributed by atoms with van der Waals surface area (Å²) >= 11 is 5.24. The molecule has 4 heterocycles. The van der Waals surface area contributed by atoms with Gasteiger partial charge in [-0.15, -0.1) is 35.3 Å². The van der Waals surface area contributed by atoms with E-state index in [1.165, 1.54) is 22.2 Å². The van der Waals surface area contributed by atoms with Crippen molar-refractivity contribution in [2.24, 2.45) is 16.8 Å². The fourth-order valence-electron chi connectivity index (χ4n) is 4.15. The second-order valence-corrected chi connectivity index (χ2v) is 8.74. The summed E-state index contributed by atoms with van der Waals surface area (Å²) in [6, 6.07) is 2.16. The van der Waals surface area contributed by atoms with Crippen molar-refractivity contribution in [2.75, 3.05) is 19.6 Å². The van der Waals surface area contributed by atoms with E-state index in [0.717, 1.165) is 44.0 Å². The number of likely N-dealkylation sites (tertiary alicyclic amines) is 1. The lowest BCUT2D eigenvalue weighted by molar-refractivity contribution is 0.0767. The number of aliphatic imine (C=N–C) groups is 1. The molecule has 1 N–H and O–H groups in total. The maximum absolute atomic E-state index is 6.07. The largest absolute Gasteiger partial charge is 0.374 e. The Bertz CT molecular complexity index is 563. The Balaban J connectivity index is 0.00000156. The molecule has 4 rings (SSSR count). The van der Waals surface area contributed by atoms with Crippen molar-refractivity contribution in [1.29, 1.82) is 0 Å². The number of nitrogens with one attached hydrogen (secondary N) is 1. The van der Waals surface area contributed by atoms with Crippen molar-refractivity contribution < 1.29 is 4.74 Å². The number of fused-ring (bicyclic) bond motifs is 5. The molecule has 4 unspecified atom stereocenters. The molecule has 0 aromatic carbocycles. The fraction of sp³-hybridized carbons (Fsp3) is 0.688. The van der Waals surface area contributed by atoms with E-state index < -0.39 is 0 Å². The number of rotatable bonds is 3. The first-order chi connectivity index (χ1) is 10.7. The highest BCUT2D eigenvalue weighted by Crippen LogP contribution is 2.47. The van der Waals surface area contributed by atoms with Crippen LogP contribution in [0, 0.1) is 11.8 Å². The van der Waals surface area contributed by atoms with Crippen LogP contribution in [0.2, 0.25) is 0 Å². The number of thiophene rings is 1. The summed E-state index contributed by atoms with van der Waals surface area (Å²) in [6.07, 6.45) is 3.54. The van der Waals surface area contributed by atoms with Crippen molar-refractivity contribution >= 4 is 57.2 Å². The topological polar surface area (TPSA) is 36.9 Å². The molecule has 2 bridgehead atoms. The lowest BCUT2D eigenvalue weighted by Gasteiger charge is -2.23. The van der Waals surface area contributed by atoms with Crippen LogP contribution in [-0.2, 0) is 11.3 Å². The lowest BCUT2D eigenvalue weighted by atomic mass is 9.82. The molecule has 1 aromatic rings. The molecule has 3 saturated heterocycles. The zero-order valence-corrected chi connectivity index (χ0v) is 17.9. The predicted molar refractivity (Wildman–Crippen MR) is 109 cm³/mol. The van der Waals surface area contributed by atoms with Gasteiger partial charge in [0, 0.05) is 31.5 Å². The summed E-state index contributed by atoms with van der Waals surface area (Å²) in [5, 5.41) is 5.64. The summed E-state index contributed by atoms with van der Waals surface area (Å²) in [6.45, 7) is 6.01. The van der Waals surface area contributed by atoms with E-state index in [1.54, 1.807) is 11.3 Å². The lowest BCUT2D eigenvalue weighted by Crippen LogP contribution is -2.41. The summed E-state index contributed by atoms with van der Waals surface area (Å²) < 4.78 is 7.24. The third-order valence-electron chi connectivity index (χ3n) is 5.12. The van der Waals surface area contributed by atoms with Gasteiger partial charge in [-0.2, -0.15) is 0 Å². The molecule has 3 aliphatic heterocycles. The zero-order chi connectivity index (χ0) is 15.1. The molecule has 0 aliphatic carbocycles. The average molecular weight is 512 g/mol. The predicted octanol–water partition coefficient (Wildman–Crippen LogP) is 3.70. The number of halogens is 2. The quantitative estimate of drug-likeness (QED) is 0.382. The molecule has 4 nitrogen and oxygen atoms in total. The summed E-state index contributed by atoms with van der Waals surface area (Å²) in [5.41, 5.74) is 1.27. The smallest absolute Gasteiger partial charge is 0.194 e. The molecule has 3 fully saturated rings. The van der Waals surface area contributed by atoms with Crippen molar-refractivity contribution in [3.05, 3.63) is 20.8 Å². The minimum atomic E-state index is 0. The number of hydrogen-bond donors (Lipinski definition) is 1. The van der Waals surface area contributed by atoms with Gasteiger partial charge in [0.2, 0.25) is 0 Å². The van der Waals surface area contributed by atoms with Crippen LogP contribution in [-0.4, -0.2) is 42.7 Å². The van der Waals surface area contributed by atoms with Gasteiger partial charge < -0.3 is 15.0 Å². The van der Waals surface area contributed by atoms with Gasteiger partial charge in [0.1, 0.15) is 0 Å². The van der Waals surface area contributed by atoms with Crippen LogP contribution in [0.5, 0.6) is 0 Å². The second-order valence-electron chi connectivity index (χ2n) is 6.45. The number of ether oxygens (including phenoxy) is 1. The number of nitrogens with zero attached hydrogens (tertiary/aromatic N) is 2. The van der Waals surface area contributed by atoms with Gasteiger partial charge >= 0.3 is 0 Å². The van der Waals surface area contributed by atoms with Gasteiger partial charge in [-0.05, 0) is 52.7 Å². The van der Waals surface area contributed by atoms with Crippen molar-refractivity contribution in [2.45, 2.75) is 38.5 Å². The van der Waals surface area contributed by atoms with Crippen molar-refractivity contribution in [1.82, 2.24) is 10.2 Å². The first-order valence-electron chi connectivity index (χ1n) is 8.16. The first-order valence-corrected chi connectivity index (χ1v) is 9.83.